The minimum Gasteiger partial charge on any atom is -0.495 e. The lowest BCUT2D eigenvalue weighted by atomic mass is 10.00. The summed E-state index contributed by atoms with van der Waals surface area (Å²) in [6.07, 6.45) is 3.09. The van der Waals surface area contributed by atoms with Crippen molar-refractivity contribution in [3.8, 4) is 5.75 Å². The van der Waals surface area contributed by atoms with Crippen molar-refractivity contribution in [1.29, 1.82) is 0 Å². The van der Waals surface area contributed by atoms with Gasteiger partial charge in [0.1, 0.15) is 11.8 Å². The fraction of sp³-hybridized carbons (Fsp3) is 0.588. The van der Waals surface area contributed by atoms with Gasteiger partial charge in [0.15, 0.2) is 0 Å². The van der Waals surface area contributed by atoms with E-state index in [9.17, 15) is 13.2 Å². The van der Waals surface area contributed by atoms with Crippen LogP contribution in [0.2, 0.25) is 5.02 Å². The molecule has 1 saturated heterocycles. The molecule has 1 aromatic rings. The molecule has 0 spiro atoms. The number of piperidine rings is 1. The van der Waals surface area contributed by atoms with Crippen molar-refractivity contribution in [1.82, 2.24) is 4.90 Å². The van der Waals surface area contributed by atoms with Gasteiger partial charge in [-0.3, -0.25) is 9.10 Å². The summed E-state index contributed by atoms with van der Waals surface area (Å²) in [5.74, 6) is 0.554. The Morgan fingerprint density at radius 2 is 2.12 bits per heavy atom. The smallest absolute Gasteiger partial charge is 0.246 e. The SMILES string of the molecule is COc1ccc(Cl)cc1N([C@H](C)C(=O)N1CCC[C@H](C)C1)S(C)(=O)=O. The first-order valence-corrected chi connectivity index (χ1v) is 10.5. The van der Waals surface area contributed by atoms with Gasteiger partial charge in [0.25, 0.3) is 0 Å². The third-order valence-electron chi connectivity index (χ3n) is 4.41. The average Bonchev–Trinajstić information content (AvgIpc) is 2.53. The molecule has 140 valence electrons. The normalized spacial score (nSPS) is 19.4. The van der Waals surface area contributed by atoms with Gasteiger partial charge in [0.2, 0.25) is 15.9 Å². The Morgan fingerprint density at radius 1 is 1.44 bits per heavy atom. The number of amides is 1. The summed E-state index contributed by atoms with van der Waals surface area (Å²) in [5.41, 5.74) is 0.267. The number of halogens is 1. The lowest BCUT2D eigenvalue weighted by Crippen LogP contribution is -2.51. The Hall–Kier alpha value is -1.47. The summed E-state index contributed by atoms with van der Waals surface area (Å²) in [6, 6.07) is 3.83. The van der Waals surface area contributed by atoms with E-state index >= 15 is 0 Å². The standard InChI is InChI=1S/C17H25ClN2O4S/c1-12-6-5-9-19(11-12)17(21)13(2)20(25(4,22)23)15-10-14(18)7-8-16(15)24-3/h7-8,10,12-13H,5-6,9,11H2,1-4H3/t12-,13+/m0/s1. The summed E-state index contributed by atoms with van der Waals surface area (Å²) >= 11 is 6.05. The number of carbonyl (C=O) groups is 1. The Balaban J connectivity index is 2.41. The van der Waals surface area contributed by atoms with E-state index in [-0.39, 0.29) is 11.6 Å². The molecule has 0 N–H and O–H groups in total. The van der Waals surface area contributed by atoms with Crippen LogP contribution in [0.5, 0.6) is 5.75 Å². The van der Waals surface area contributed by atoms with E-state index in [1.165, 1.54) is 13.2 Å². The topological polar surface area (TPSA) is 66.9 Å². The van der Waals surface area contributed by atoms with Crippen molar-refractivity contribution in [2.75, 3.05) is 30.8 Å². The van der Waals surface area contributed by atoms with Crippen LogP contribution in [-0.2, 0) is 14.8 Å². The Morgan fingerprint density at radius 3 is 2.68 bits per heavy atom. The summed E-state index contributed by atoms with van der Waals surface area (Å²) in [7, 11) is -2.27. The molecule has 1 fully saturated rings. The first-order valence-electron chi connectivity index (χ1n) is 8.27. The highest BCUT2D eigenvalue weighted by Gasteiger charge is 2.35. The fourth-order valence-electron chi connectivity index (χ4n) is 3.26. The number of anilines is 1. The molecular formula is C17H25ClN2O4S. The van der Waals surface area contributed by atoms with Gasteiger partial charge < -0.3 is 9.64 Å². The largest absolute Gasteiger partial charge is 0.495 e. The molecule has 8 heteroatoms. The average molecular weight is 389 g/mol. The van der Waals surface area contributed by atoms with Crippen molar-refractivity contribution < 1.29 is 17.9 Å². The first-order chi connectivity index (χ1) is 11.6. The highest BCUT2D eigenvalue weighted by atomic mass is 35.5. The second kappa shape index (κ2) is 7.83. The third kappa shape index (κ3) is 4.58. The summed E-state index contributed by atoms with van der Waals surface area (Å²) in [6.45, 7) is 4.99. The van der Waals surface area contributed by atoms with Crippen molar-refractivity contribution in [2.45, 2.75) is 32.7 Å². The van der Waals surface area contributed by atoms with Crippen LogP contribution in [-0.4, -0.2) is 51.7 Å². The number of methoxy groups -OCH3 is 1. The monoisotopic (exact) mass is 388 g/mol. The molecule has 0 saturated carbocycles. The van der Waals surface area contributed by atoms with Crippen LogP contribution in [0.4, 0.5) is 5.69 Å². The van der Waals surface area contributed by atoms with Gasteiger partial charge in [-0.1, -0.05) is 18.5 Å². The van der Waals surface area contributed by atoms with Gasteiger partial charge in [0, 0.05) is 18.1 Å². The summed E-state index contributed by atoms with van der Waals surface area (Å²) < 4.78 is 31.3. The zero-order chi connectivity index (χ0) is 18.8. The minimum absolute atomic E-state index is 0.209. The molecule has 1 heterocycles. The molecule has 0 aromatic heterocycles. The highest BCUT2D eigenvalue weighted by molar-refractivity contribution is 7.92. The molecule has 0 radical (unpaired) electrons. The molecule has 2 atom stereocenters. The van der Waals surface area contributed by atoms with E-state index < -0.39 is 16.1 Å². The lowest BCUT2D eigenvalue weighted by molar-refractivity contribution is -0.133. The maximum Gasteiger partial charge on any atom is 0.246 e. The Labute approximate surface area is 154 Å². The number of nitrogens with zero attached hydrogens (tertiary/aromatic N) is 2. The molecule has 1 amide bonds. The number of likely N-dealkylation sites (tertiary alicyclic amines) is 1. The van der Waals surface area contributed by atoms with Gasteiger partial charge in [-0.15, -0.1) is 0 Å². The second-order valence-corrected chi connectivity index (χ2v) is 8.88. The number of hydrogen-bond acceptors (Lipinski definition) is 4. The molecule has 1 aromatic carbocycles. The van der Waals surface area contributed by atoms with Crippen molar-refractivity contribution in [2.24, 2.45) is 5.92 Å². The molecule has 2 rings (SSSR count). The number of benzene rings is 1. The summed E-state index contributed by atoms with van der Waals surface area (Å²) in [4.78, 5) is 14.7. The van der Waals surface area contributed by atoms with E-state index in [0.29, 0.717) is 29.8 Å². The van der Waals surface area contributed by atoms with Crippen LogP contribution in [0.1, 0.15) is 26.7 Å². The number of ether oxygens (including phenoxy) is 1. The lowest BCUT2D eigenvalue weighted by Gasteiger charge is -2.36. The van der Waals surface area contributed by atoms with Crippen molar-refractivity contribution in [3.63, 3.8) is 0 Å². The molecule has 25 heavy (non-hydrogen) atoms. The van der Waals surface area contributed by atoms with Gasteiger partial charge in [0.05, 0.1) is 19.1 Å². The second-order valence-electron chi connectivity index (χ2n) is 6.58. The minimum atomic E-state index is -3.72. The van der Waals surface area contributed by atoms with Crippen LogP contribution >= 0.6 is 11.6 Å². The maximum atomic E-state index is 12.9. The number of rotatable bonds is 5. The number of carbonyl (C=O) groups excluding carboxylic acids is 1. The molecule has 0 unspecified atom stereocenters. The number of hydrogen-bond donors (Lipinski definition) is 0. The van der Waals surface area contributed by atoms with E-state index in [1.807, 2.05) is 0 Å². The first kappa shape index (κ1) is 19.8. The maximum absolute atomic E-state index is 12.9. The van der Waals surface area contributed by atoms with Crippen LogP contribution in [0.3, 0.4) is 0 Å². The zero-order valence-electron chi connectivity index (χ0n) is 15.0. The van der Waals surface area contributed by atoms with E-state index in [2.05, 4.69) is 6.92 Å². The molecular weight excluding hydrogens is 364 g/mol. The molecule has 0 bridgehead atoms. The quantitative estimate of drug-likeness (QED) is 0.777. The van der Waals surface area contributed by atoms with Gasteiger partial charge in [-0.2, -0.15) is 0 Å². The van der Waals surface area contributed by atoms with Crippen LogP contribution in [0, 0.1) is 5.92 Å². The molecule has 6 nitrogen and oxygen atoms in total. The predicted octanol–water partition coefficient (Wildman–Crippen LogP) is 2.76. The molecule has 0 aliphatic carbocycles. The predicted molar refractivity (Wildman–Crippen MR) is 99.8 cm³/mol. The zero-order valence-corrected chi connectivity index (χ0v) is 16.6. The van der Waals surface area contributed by atoms with Crippen molar-refractivity contribution >= 4 is 33.2 Å². The van der Waals surface area contributed by atoms with E-state index in [0.717, 1.165) is 23.4 Å². The summed E-state index contributed by atoms with van der Waals surface area (Å²) in [5, 5.41) is 0.371. The van der Waals surface area contributed by atoms with Crippen LogP contribution < -0.4 is 9.04 Å². The van der Waals surface area contributed by atoms with E-state index in [4.69, 9.17) is 16.3 Å². The van der Waals surface area contributed by atoms with Gasteiger partial charge in [-0.25, -0.2) is 8.42 Å². The highest BCUT2D eigenvalue weighted by Crippen LogP contribution is 2.34. The van der Waals surface area contributed by atoms with Crippen LogP contribution in [0.25, 0.3) is 0 Å². The molecule has 1 aliphatic heterocycles. The fourth-order valence-corrected chi connectivity index (χ4v) is 4.59. The molecule has 1 aliphatic rings. The Bertz CT molecular complexity index is 738. The third-order valence-corrected chi connectivity index (χ3v) is 5.88. The van der Waals surface area contributed by atoms with Crippen molar-refractivity contribution in [3.05, 3.63) is 23.2 Å². The number of sulfonamides is 1. The van der Waals surface area contributed by atoms with Gasteiger partial charge in [-0.05, 0) is 43.9 Å². The van der Waals surface area contributed by atoms with E-state index in [1.54, 1.807) is 24.0 Å². The Kier molecular flexibility index (Phi) is 6.21. The van der Waals surface area contributed by atoms with Gasteiger partial charge >= 0.3 is 0 Å². The van der Waals surface area contributed by atoms with Crippen LogP contribution in [0.15, 0.2) is 18.2 Å².